The van der Waals surface area contributed by atoms with Gasteiger partial charge in [-0.25, -0.2) is 9.97 Å². The molecule has 2 N–H and O–H groups in total. The van der Waals surface area contributed by atoms with E-state index in [1.54, 1.807) is 13.4 Å². The van der Waals surface area contributed by atoms with E-state index in [4.69, 9.17) is 14.2 Å². The van der Waals surface area contributed by atoms with E-state index < -0.39 is 0 Å². The zero-order valence-corrected chi connectivity index (χ0v) is 14.7. The fourth-order valence-electron chi connectivity index (χ4n) is 3.10. The van der Waals surface area contributed by atoms with Crippen LogP contribution in [0, 0.1) is 0 Å². The first-order valence-corrected chi connectivity index (χ1v) is 8.72. The van der Waals surface area contributed by atoms with Gasteiger partial charge in [0.1, 0.15) is 24.9 Å². The zero-order chi connectivity index (χ0) is 18.2. The molecular formula is C20H18N4O3. The topological polar surface area (TPSA) is 84.6 Å². The van der Waals surface area contributed by atoms with Crippen LogP contribution < -0.4 is 14.8 Å². The van der Waals surface area contributed by atoms with Crippen molar-refractivity contribution < 1.29 is 14.2 Å². The highest BCUT2D eigenvalue weighted by Crippen LogP contribution is 2.35. The number of benzene rings is 2. The van der Waals surface area contributed by atoms with Crippen LogP contribution in [-0.4, -0.2) is 41.4 Å². The van der Waals surface area contributed by atoms with Crippen molar-refractivity contribution in [2.75, 3.05) is 25.6 Å². The van der Waals surface area contributed by atoms with Gasteiger partial charge in [-0.1, -0.05) is 12.1 Å². The van der Waals surface area contributed by atoms with Gasteiger partial charge in [0.15, 0.2) is 11.5 Å². The molecular weight excluding hydrogens is 344 g/mol. The lowest BCUT2D eigenvalue weighted by Crippen LogP contribution is -2.05. The van der Waals surface area contributed by atoms with Gasteiger partial charge in [0.05, 0.1) is 30.4 Å². The predicted molar refractivity (Wildman–Crippen MR) is 103 cm³/mol. The van der Waals surface area contributed by atoms with E-state index in [1.165, 1.54) is 0 Å². The molecule has 3 heterocycles. The van der Waals surface area contributed by atoms with Gasteiger partial charge >= 0.3 is 0 Å². The summed E-state index contributed by atoms with van der Waals surface area (Å²) in [6, 6.07) is 11.9. The van der Waals surface area contributed by atoms with Crippen LogP contribution in [0.4, 0.5) is 11.5 Å². The van der Waals surface area contributed by atoms with Gasteiger partial charge in [0.25, 0.3) is 0 Å². The quantitative estimate of drug-likeness (QED) is 0.510. The Morgan fingerprint density at radius 3 is 3.00 bits per heavy atom. The second-order valence-electron chi connectivity index (χ2n) is 6.38. The smallest absolute Gasteiger partial charge is 0.163 e. The van der Waals surface area contributed by atoms with E-state index in [0.29, 0.717) is 23.9 Å². The predicted octanol–water partition coefficient (Wildman–Crippen LogP) is 3.64. The van der Waals surface area contributed by atoms with Gasteiger partial charge in [-0.2, -0.15) is 0 Å². The number of ether oxygens (including phenoxy) is 3. The molecule has 4 aromatic rings. The summed E-state index contributed by atoms with van der Waals surface area (Å²) in [5, 5.41) is 5.40. The molecule has 0 spiro atoms. The maximum Gasteiger partial charge on any atom is 0.163 e. The lowest BCUT2D eigenvalue weighted by molar-refractivity contribution is 0.252. The number of epoxide rings is 1. The number of fused-ring (bicyclic) bond motifs is 2. The first-order chi connectivity index (χ1) is 13.3. The molecule has 7 nitrogen and oxygen atoms in total. The van der Waals surface area contributed by atoms with Crippen molar-refractivity contribution in [2.45, 2.75) is 6.10 Å². The van der Waals surface area contributed by atoms with Gasteiger partial charge < -0.3 is 24.5 Å². The SMILES string of the molecule is COc1cc2c(Nc3cccc4cc[nH]c34)ncnc2cc1OC[C@H]1CO1. The first-order valence-electron chi connectivity index (χ1n) is 8.72. The van der Waals surface area contributed by atoms with Crippen molar-refractivity contribution in [1.82, 2.24) is 15.0 Å². The zero-order valence-electron chi connectivity index (χ0n) is 14.7. The van der Waals surface area contributed by atoms with Crippen LogP contribution in [0.15, 0.2) is 48.9 Å². The number of hydrogen-bond acceptors (Lipinski definition) is 6. The average molecular weight is 362 g/mol. The van der Waals surface area contributed by atoms with Crippen molar-refractivity contribution >= 4 is 33.3 Å². The summed E-state index contributed by atoms with van der Waals surface area (Å²) in [4.78, 5) is 12.1. The summed E-state index contributed by atoms with van der Waals surface area (Å²) in [6.45, 7) is 1.25. The molecule has 2 aromatic heterocycles. The third kappa shape index (κ3) is 3.02. The number of hydrogen-bond donors (Lipinski definition) is 2. The molecule has 0 aliphatic carbocycles. The molecule has 2 aromatic carbocycles. The van der Waals surface area contributed by atoms with E-state index >= 15 is 0 Å². The Morgan fingerprint density at radius 2 is 2.15 bits per heavy atom. The van der Waals surface area contributed by atoms with Gasteiger partial charge in [-0.3, -0.25) is 0 Å². The Bertz CT molecular complexity index is 1120. The molecule has 0 bridgehead atoms. The van der Waals surface area contributed by atoms with Crippen LogP contribution in [0.25, 0.3) is 21.8 Å². The maximum absolute atomic E-state index is 5.83. The molecule has 1 fully saturated rings. The van der Waals surface area contributed by atoms with Crippen LogP contribution in [-0.2, 0) is 4.74 Å². The Hall–Kier alpha value is -3.32. The summed E-state index contributed by atoms with van der Waals surface area (Å²) < 4.78 is 16.5. The lowest BCUT2D eigenvalue weighted by Gasteiger charge is -2.13. The largest absolute Gasteiger partial charge is 0.493 e. The minimum Gasteiger partial charge on any atom is -0.493 e. The summed E-state index contributed by atoms with van der Waals surface area (Å²) in [7, 11) is 1.62. The van der Waals surface area contributed by atoms with E-state index in [0.717, 1.165) is 34.1 Å². The highest BCUT2D eigenvalue weighted by Gasteiger charge is 2.24. The van der Waals surface area contributed by atoms with Gasteiger partial charge in [-0.15, -0.1) is 0 Å². The molecule has 0 unspecified atom stereocenters. The second kappa shape index (κ2) is 6.44. The van der Waals surface area contributed by atoms with Gasteiger partial charge in [-0.05, 0) is 18.2 Å². The van der Waals surface area contributed by atoms with Crippen LogP contribution in [0.5, 0.6) is 11.5 Å². The summed E-state index contributed by atoms with van der Waals surface area (Å²) in [5.41, 5.74) is 2.75. The van der Waals surface area contributed by atoms with Crippen molar-refractivity contribution in [3.05, 3.63) is 48.9 Å². The monoisotopic (exact) mass is 362 g/mol. The lowest BCUT2D eigenvalue weighted by atomic mass is 10.2. The Kier molecular flexibility index (Phi) is 3.79. The van der Waals surface area contributed by atoms with E-state index in [9.17, 15) is 0 Å². The van der Waals surface area contributed by atoms with Crippen molar-refractivity contribution in [3.63, 3.8) is 0 Å². The van der Waals surface area contributed by atoms with Crippen molar-refractivity contribution in [3.8, 4) is 11.5 Å². The molecule has 1 atom stereocenters. The molecule has 0 amide bonds. The number of nitrogens with one attached hydrogen (secondary N) is 2. The number of aromatic amines is 1. The van der Waals surface area contributed by atoms with Crippen LogP contribution >= 0.6 is 0 Å². The minimum atomic E-state index is 0.175. The van der Waals surface area contributed by atoms with Crippen molar-refractivity contribution in [1.29, 1.82) is 0 Å². The third-order valence-corrected chi connectivity index (χ3v) is 4.59. The molecule has 0 radical (unpaired) electrons. The van der Waals surface area contributed by atoms with Gasteiger partial charge in [0, 0.05) is 23.0 Å². The van der Waals surface area contributed by atoms with E-state index in [-0.39, 0.29) is 6.10 Å². The Morgan fingerprint density at radius 1 is 1.22 bits per heavy atom. The van der Waals surface area contributed by atoms with Gasteiger partial charge in [0.2, 0.25) is 0 Å². The number of nitrogens with zero attached hydrogens (tertiary/aromatic N) is 2. The molecule has 1 saturated heterocycles. The second-order valence-corrected chi connectivity index (χ2v) is 6.38. The van der Waals surface area contributed by atoms with Crippen LogP contribution in [0.2, 0.25) is 0 Å². The normalized spacial score (nSPS) is 15.8. The molecule has 27 heavy (non-hydrogen) atoms. The van der Waals surface area contributed by atoms with Crippen LogP contribution in [0.3, 0.4) is 0 Å². The summed E-state index contributed by atoms with van der Waals surface area (Å²) in [5.74, 6) is 1.99. The summed E-state index contributed by atoms with van der Waals surface area (Å²) in [6.07, 6.45) is 3.64. The average Bonchev–Trinajstić information content (AvgIpc) is 3.40. The number of para-hydroxylation sites is 1. The number of H-pyrrole nitrogens is 1. The number of anilines is 2. The molecule has 0 saturated carbocycles. The molecule has 1 aliphatic rings. The minimum absolute atomic E-state index is 0.175. The van der Waals surface area contributed by atoms with Crippen LogP contribution in [0.1, 0.15) is 0 Å². The number of rotatable bonds is 6. The fraction of sp³-hybridized carbons (Fsp3) is 0.200. The Labute approximate surface area is 155 Å². The summed E-state index contributed by atoms with van der Waals surface area (Å²) >= 11 is 0. The first kappa shape index (κ1) is 15.9. The fourth-order valence-corrected chi connectivity index (χ4v) is 3.10. The highest BCUT2D eigenvalue weighted by molar-refractivity contribution is 5.97. The number of methoxy groups -OCH3 is 1. The maximum atomic E-state index is 5.83. The standard InChI is InChI=1S/C20H18N4O3/c1-25-17-7-14-16(8-18(17)27-10-13-9-26-13)22-11-23-20(14)24-15-4-2-3-12-5-6-21-19(12)15/h2-8,11,13,21H,9-10H2,1H3,(H,22,23,24)/t13-/m1/s1. The molecule has 136 valence electrons. The van der Waals surface area contributed by atoms with E-state index in [2.05, 4.69) is 26.3 Å². The molecule has 1 aliphatic heterocycles. The molecule has 7 heteroatoms. The number of aromatic nitrogens is 3. The van der Waals surface area contributed by atoms with E-state index in [1.807, 2.05) is 36.5 Å². The third-order valence-electron chi connectivity index (χ3n) is 4.59. The highest BCUT2D eigenvalue weighted by atomic mass is 16.6. The Balaban J connectivity index is 1.55. The van der Waals surface area contributed by atoms with Crippen molar-refractivity contribution in [2.24, 2.45) is 0 Å². The molecule has 5 rings (SSSR count).